The highest BCUT2D eigenvalue weighted by Gasteiger charge is 2.05. The third kappa shape index (κ3) is 5.10. The quantitative estimate of drug-likeness (QED) is 0.439. The molecule has 0 bridgehead atoms. The highest BCUT2D eigenvalue weighted by Crippen LogP contribution is 2.21. The van der Waals surface area contributed by atoms with E-state index in [1.165, 1.54) is 22.3 Å². The summed E-state index contributed by atoms with van der Waals surface area (Å²) in [6.07, 6.45) is 5.35. The molecule has 0 heterocycles. The number of hydrogen-bond donors (Lipinski definition) is 0. The topological polar surface area (TPSA) is 9.23 Å². The predicted molar refractivity (Wildman–Crippen MR) is 112 cm³/mol. The van der Waals surface area contributed by atoms with Gasteiger partial charge in [0, 0.05) is 0 Å². The second-order valence-electron chi connectivity index (χ2n) is 6.59. The maximum atomic E-state index is 5.48. The lowest BCUT2D eigenvalue weighted by Crippen LogP contribution is -1.98. The summed E-state index contributed by atoms with van der Waals surface area (Å²) in [5.41, 5.74) is 5.16. The minimum atomic E-state index is 0.529. The molecule has 1 nitrogen and oxygen atoms in total. The number of hydrogen-bond acceptors (Lipinski definition) is 1. The molecule has 1 heteroatoms. The average Bonchev–Trinajstić information content (AvgIpc) is 2.69. The zero-order valence-electron chi connectivity index (χ0n) is 15.6. The Morgan fingerprint density at radius 1 is 0.769 bits per heavy atom. The van der Waals surface area contributed by atoms with Crippen LogP contribution < -0.4 is 4.74 Å². The van der Waals surface area contributed by atoms with Crippen molar-refractivity contribution in [1.82, 2.24) is 0 Å². The largest absolute Gasteiger partial charge is 0.494 e. The van der Waals surface area contributed by atoms with Crippen molar-refractivity contribution in [3.8, 4) is 5.75 Å². The van der Waals surface area contributed by atoms with Gasteiger partial charge in [0.05, 0.1) is 6.61 Å². The van der Waals surface area contributed by atoms with Crippen LogP contribution in [0.1, 0.15) is 42.0 Å². The molecular formula is C25H26O. The molecule has 0 N–H and O–H groups in total. The van der Waals surface area contributed by atoms with E-state index >= 15 is 0 Å². The van der Waals surface area contributed by atoms with E-state index in [2.05, 4.69) is 85.8 Å². The van der Waals surface area contributed by atoms with E-state index in [1.54, 1.807) is 0 Å². The van der Waals surface area contributed by atoms with Crippen LogP contribution in [0.15, 0.2) is 78.9 Å². The fourth-order valence-electron chi connectivity index (χ4n) is 3.05. The first-order valence-electron chi connectivity index (χ1n) is 9.29. The van der Waals surface area contributed by atoms with Crippen LogP contribution in [0, 0.1) is 0 Å². The monoisotopic (exact) mass is 342 g/mol. The summed E-state index contributed by atoms with van der Waals surface area (Å²) in [7, 11) is 0. The van der Waals surface area contributed by atoms with Crippen LogP contribution in [0.2, 0.25) is 0 Å². The van der Waals surface area contributed by atoms with E-state index in [-0.39, 0.29) is 0 Å². The lowest BCUT2D eigenvalue weighted by atomic mass is 9.93. The van der Waals surface area contributed by atoms with Crippen LogP contribution in [0.4, 0.5) is 0 Å². The van der Waals surface area contributed by atoms with Gasteiger partial charge in [-0.3, -0.25) is 0 Å². The van der Waals surface area contributed by atoms with E-state index in [1.807, 2.05) is 19.1 Å². The average molecular weight is 342 g/mol. The van der Waals surface area contributed by atoms with Gasteiger partial charge in [-0.1, -0.05) is 85.8 Å². The summed E-state index contributed by atoms with van der Waals surface area (Å²) < 4.78 is 5.48. The van der Waals surface area contributed by atoms with Gasteiger partial charge >= 0.3 is 0 Å². The van der Waals surface area contributed by atoms with Crippen molar-refractivity contribution in [3.05, 3.63) is 101 Å². The van der Waals surface area contributed by atoms with Crippen molar-refractivity contribution in [1.29, 1.82) is 0 Å². The lowest BCUT2D eigenvalue weighted by molar-refractivity contribution is 0.340. The minimum absolute atomic E-state index is 0.529. The van der Waals surface area contributed by atoms with Gasteiger partial charge in [-0.25, -0.2) is 0 Å². The Morgan fingerprint density at radius 2 is 1.35 bits per heavy atom. The molecule has 0 aromatic heterocycles. The molecule has 3 rings (SSSR count). The molecular weight excluding hydrogens is 316 g/mol. The second-order valence-corrected chi connectivity index (χ2v) is 6.59. The van der Waals surface area contributed by atoms with Crippen molar-refractivity contribution >= 4 is 12.2 Å². The molecule has 26 heavy (non-hydrogen) atoms. The van der Waals surface area contributed by atoms with Gasteiger partial charge in [0.2, 0.25) is 0 Å². The molecule has 0 saturated carbocycles. The molecule has 3 aromatic carbocycles. The highest BCUT2D eigenvalue weighted by molar-refractivity contribution is 5.69. The van der Waals surface area contributed by atoms with Gasteiger partial charge in [-0.05, 0) is 53.6 Å². The van der Waals surface area contributed by atoms with Gasteiger partial charge in [0.25, 0.3) is 0 Å². The third-order valence-corrected chi connectivity index (χ3v) is 4.55. The van der Waals surface area contributed by atoms with Crippen LogP contribution in [0.5, 0.6) is 5.75 Å². The third-order valence-electron chi connectivity index (χ3n) is 4.55. The van der Waals surface area contributed by atoms with Crippen molar-refractivity contribution in [2.45, 2.75) is 26.2 Å². The van der Waals surface area contributed by atoms with Gasteiger partial charge in [-0.15, -0.1) is 0 Å². The summed E-state index contributed by atoms with van der Waals surface area (Å²) in [4.78, 5) is 0. The summed E-state index contributed by atoms with van der Waals surface area (Å²) in [5, 5.41) is 0. The van der Waals surface area contributed by atoms with E-state index in [0.29, 0.717) is 12.5 Å². The Hall–Kier alpha value is -2.80. The van der Waals surface area contributed by atoms with E-state index in [4.69, 9.17) is 4.74 Å². The molecule has 0 aliphatic heterocycles. The smallest absolute Gasteiger partial charge is 0.119 e. The van der Waals surface area contributed by atoms with Crippen molar-refractivity contribution < 1.29 is 4.74 Å². The first kappa shape index (κ1) is 18.0. The Bertz CT molecular complexity index is 814. The van der Waals surface area contributed by atoms with E-state index in [9.17, 15) is 0 Å². The van der Waals surface area contributed by atoms with Crippen LogP contribution in [-0.4, -0.2) is 6.61 Å². The molecule has 0 fully saturated rings. The van der Waals surface area contributed by atoms with Gasteiger partial charge in [-0.2, -0.15) is 0 Å². The highest BCUT2D eigenvalue weighted by atomic mass is 16.5. The van der Waals surface area contributed by atoms with Gasteiger partial charge < -0.3 is 4.74 Å². The van der Waals surface area contributed by atoms with Crippen molar-refractivity contribution in [2.24, 2.45) is 0 Å². The molecule has 1 atom stereocenters. The molecule has 3 aromatic rings. The molecule has 1 unspecified atom stereocenters. The summed E-state index contributed by atoms with van der Waals surface area (Å²) >= 11 is 0. The Labute approximate surface area is 157 Å². The molecule has 132 valence electrons. The molecule has 0 spiro atoms. The molecule has 0 radical (unpaired) electrons. The van der Waals surface area contributed by atoms with Crippen molar-refractivity contribution in [2.75, 3.05) is 6.61 Å². The SMILES string of the molecule is CCOc1ccc(/C=C/c2ccc(CC(C)c3ccccc3)cc2)cc1. The fraction of sp³-hybridized carbons (Fsp3) is 0.200. The Kier molecular flexibility index (Phi) is 6.27. The molecule has 0 saturated heterocycles. The number of rotatable bonds is 7. The Morgan fingerprint density at radius 3 is 1.92 bits per heavy atom. The van der Waals surface area contributed by atoms with E-state index in [0.717, 1.165) is 12.2 Å². The first-order valence-corrected chi connectivity index (χ1v) is 9.29. The minimum Gasteiger partial charge on any atom is -0.494 e. The van der Waals surface area contributed by atoms with Crippen LogP contribution in [-0.2, 0) is 6.42 Å². The van der Waals surface area contributed by atoms with Gasteiger partial charge in [0.1, 0.15) is 5.75 Å². The summed E-state index contributed by atoms with van der Waals surface area (Å²) in [5.74, 6) is 1.45. The van der Waals surface area contributed by atoms with Crippen LogP contribution in [0.25, 0.3) is 12.2 Å². The van der Waals surface area contributed by atoms with Crippen molar-refractivity contribution in [3.63, 3.8) is 0 Å². The molecule has 0 amide bonds. The second kappa shape index (κ2) is 9.05. The maximum Gasteiger partial charge on any atom is 0.119 e. The Balaban J connectivity index is 1.60. The number of ether oxygens (including phenoxy) is 1. The molecule has 0 aliphatic carbocycles. The fourth-order valence-corrected chi connectivity index (χ4v) is 3.05. The number of benzene rings is 3. The zero-order chi connectivity index (χ0) is 18.2. The summed E-state index contributed by atoms with van der Waals surface area (Å²) in [6, 6.07) is 27.7. The lowest BCUT2D eigenvalue weighted by Gasteiger charge is -2.12. The van der Waals surface area contributed by atoms with Crippen LogP contribution in [0.3, 0.4) is 0 Å². The van der Waals surface area contributed by atoms with E-state index < -0.39 is 0 Å². The maximum absolute atomic E-state index is 5.48. The van der Waals surface area contributed by atoms with Gasteiger partial charge in [0.15, 0.2) is 0 Å². The normalized spacial score (nSPS) is 12.2. The predicted octanol–water partition coefficient (Wildman–Crippen LogP) is 6.60. The van der Waals surface area contributed by atoms with Crippen LogP contribution >= 0.6 is 0 Å². The standard InChI is InChI=1S/C25H26O/c1-3-26-25-17-15-22(16-18-25)10-9-21-11-13-23(14-12-21)19-20(2)24-7-5-4-6-8-24/h4-18,20H,3,19H2,1-2H3/b10-9+. The zero-order valence-corrected chi connectivity index (χ0v) is 15.6. The summed E-state index contributed by atoms with van der Waals surface area (Å²) in [6.45, 7) is 4.98. The molecule has 0 aliphatic rings. The first-order chi connectivity index (χ1) is 12.7.